The maximum absolute atomic E-state index is 11.7. The SMILES string of the molecule is CCS(=O)(=O)c1c(Cl)ccc(C(=O)O)c1[N+](=O)[O-]. The Labute approximate surface area is 107 Å². The van der Waals surface area contributed by atoms with Crippen molar-refractivity contribution in [3.63, 3.8) is 0 Å². The first-order valence-electron chi connectivity index (χ1n) is 4.65. The molecule has 18 heavy (non-hydrogen) atoms. The van der Waals surface area contributed by atoms with Crippen molar-refractivity contribution in [2.45, 2.75) is 11.8 Å². The molecule has 0 amide bonds. The van der Waals surface area contributed by atoms with Gasteiger partial charge < -0.3 is 5.11 Å². The van der Waals surface area contributed by atoms with Gasteiger partial charge in [0.25, 0.3) is 0 Å². The zero-order valence-electron chi connectivity index (χ0n) is 9.08. The van der Waals surface area contributed by atoms with Gasteiger partial charge in [0.15, 0.2) is 14.7 Å². The van der Waals surface area contributed by atoms with E-state index < -0.39 is 42.6 Å². The first kappa shape index (κ1) is 14.4. The van der Waals surface area contributed by atoms with Crippen molar-refractivity contribution in [3.05, 3.63) is 32.8 Å². The van der Waals surface area contributed by atoms with E-state index in [0.29, 0.717) is 0 Å². The van der Waals surface area contributed by atoms with E-state index in [9.17, 15) is 23.3 Å². The second-order valence-corrected chi connectivity index (χ2v) is 5.86. The van der Waals surface area contributed by atoms with Gasteiger partial charge in [-0.1, -0.05) is 18.5 Å². The van der Waals surface area contributed by atoms with E-state index in [1.165, 1.54) is 6.92 Å². The molecule has 0 fully saturated rings. The fraction of sp³-hybridized carbons (Fsp3) is 0.222. The van der Waals surface area contributed by atoms with E-state index in [0.717, 1.165) is 12.1 Å². The fourth-order valence-electron chi connectivity index (χ4n) is 1.34. The standard InChI is InChI=1S/C9H8ClNO6S/c1-2-18(16,17)8-6(10)4-3-5(9(12)13)7(8)11(14)15/h3-4H,2H2,1H3,(H,12,13). The van der Waals surface area contributed by atoms with Crippen molar-refractivity contribution in [2.24, 2.45) is 0 Å². The molecule has 7 nitrogen and oxygen atoms in total. The number of halogens is 1. The Balaban J connectivity index is 3.85. The maximum Gasteiger partial charge on any atom is 0.342 e. The molecule has 0 atom stereocenters. The number of carboxylic acid groups (broad SMARTS) is 1. The summed E-state index contributed by atoms with van der Waals surface area (Å²) in [7, 11) is -4.00. The predicted octanol–water partition coefficient (Wildman–Crippen LogP) is 1.74. The largest absolute Gasteiger partial charge is 0.477 e. The first-order valence-corrected chi connectivity index (χ1v) is 6.68. The molecular formula is C9H8ClNO6S. The highest BCUT2D eigenvalue weighted by Gasteiger charge is 2.33. The number of nitrogens with zero attached hydrogens (tertiary/aromatic N) is 1. The summed E-state index contributed by atoms with van der Waals surface area (Å²) < 4.78 is 23.5. The van der Waals surface area contributed by atoms with Crippen LogP contribution in [0.15, 0.2) is 17.0 Å². The summed E-state index contributed by atoms with van der Waals surface area (Å²) in [5.41, 5.74) is -1.71. The fourth-order valence-corrected chi connectivity index (χ4v) is 2.98. The Morgan fingerprint density at radius 2 is 2.06 bits per heavy atom. The Morgan fingerprint density at radius 1 is 1.50 bits per heavy atom. The highest BCUT2D eigenvalue weighted by atomic mass is 35.5. The van der Waals surface area contributed by atoms with E-state index in [2.05, 4.69) is 0 Å². The van der Waals surface area contributed by atoms with Crippen LogP contribution in [0, 0.1) is 10.1 Å². The van der Waals surface area contributed by atoms with Gasteiger partial charge in [0, 0.05) is 0 Å². The molecule has 1 aromatic carbocycles. The highest BCUT2D eigenvalue weighted by molar-refractivity contribution is 7.91. The summed E-state index contributed by atoms with van der Waals surface area (Å²) in [5.74, 6) is -2.01. The molecule has 98 valence electrons. The monoisotopic (exact) mass is 293 g/mol. The van der Waals surface area contributed by atoms with E-state index in [1.54, 1.807) is 0 Å². The first-order chi connectivity index (χ1) is 8.22. The van der Waals surface area contributed by atoms with Crippen molar-refractivity contribution in [1.82, 2.24) is 0 Å². The highest BCUT2D eigenvalue weighted by Crippen LogP contribution is 2.34. The topological polar surface area (TPSA) is 115 Å². The molecule has 0 heterocycles. The molecule has 0 radical (unpaired) electrons. The lowest BCUT2D eigenvalue weighted by Gasteiger charge is -2.07. The number of nitro groups is 1. The van der Waals surface area contributed by atoms with Gasteiger partial charge in [-0.2, -0.15) is 0 Å². The second kappa shape index (κ2) is 4.91. The van der Waals surface area contributed by atoms with Crippen LogP contribution in [0.2, 0.25) is 5.02 Å². The number of hydrogen-bond acceptors (Lipinski definition) is 5. The Hall–Kier alpha value is -1.67. The predicted molar refractivity (Wildman–Crippen MR) is 62.8 cm³/mol. The lowest BCUT2D eigenvalue weighted by Crippen LogP contribution is -2.12. The zero-order valence-corrected chi connectivity index (χ0v) is 10.7. The number of hydrogen-bond donors (Lipinski definition) is 1. The molecule has 0 aliphatic rings. The van der Waals surface area contributed by atoms with Crippen LogP contribution in [0.5, 0.6) is 0 Å². The quantitative estimate of drug-likeness (QED) is 0.668. The molecule has 0 aliphatic heterocycles. The molecule has 0 unspecified atom stereocenters. The molecular weight excluding hydrogens is 286 g/mol. The van der Waals surface area contributed by atoms with Gasteiger partial charge in [0.2, 0.25) is 0 Å². The Morgan fingerprint density at radius 3 is 2.44 bits per heavy atom. The van der Waals surface area contributed by atoms with Crippen LogP contribution in [0.3, 0.4) is 0 Å². The van der Waals surface area contributed by atoms with Crippen molar-refractivity contribution < 1.29 is 23.2 Å². The third-order valence-electron chi connectivity index (χ3n) is 2.19. The summed E-state index contributed by atoms with van der Waals surface area (Å²) in [6.45, 7) is 1.28. The molecule has 0 saturated carbocycles. The Kier molecular flexibility index (Phi) is 3.92. The van der Waals surface area contributed by atoms with Crippen LogP contribution >= 0.6 is 11.6 Å². The zero-order chi connectivity index (χ0) is 14.1. The number of sulfone groups is 1. The molecule has 0 spiro atoms. The van der Waals surface area contributed by atoms with E-state index >= 15 is 0 Å². The molecule has 0 aromatic heterocycles. The van der Waals surface area contributed by atoms with Crippen LogP contribution in [-0.2, 0) is 9.84 Å². The van der Waals surface area contributed by atoms with Crippen molar-refractivity contribution >= 4 is 33.1 Å². The minimum absolute atomic E-state index is 0.367. The lowest BCUT2D eigenvalue weighted by atomic mass is 10.2. The van der Waals surface area contributed by atoms with E-state index in [-0.39, 0.29) is 5.02 Å². The second-order valence-electron chi connectivity index (χ2n) is 3.24. The number of carbonyl (C=O) groups is 1. The number of carboxylic acids is 1. The van der Waals surface area contributed by atoms with Crippen LogP contribution in [0.25, 0.3) is 0 Å². The average Bonchev–Trinajstić information content (AvgIpc) is 2.27. The summed E-state index contributed by atoms with van der Waals surface area (Å²) in [6.07, 6.45) is 0. The van der Waals surface area contributed by atoms with Gasteiger partial charge >= 0.3 is 11.7 Å². The van der Waals surface area contributed by atoms with Gasteiger partial charge in [-0.3, -0.25) is 10.1 Å². The van der Waals surface area contributed by atoms with E-state index in [4.69, 9.17) is 16.7 Å². The summed E-state index contributed by atoms with van der Waals surface area (Å²) in [5, 5.41) is 19.3. The van der Waals surface area contributed by atoms with Gasteiger partial charge in [-0.25, -0.2) is 13.2 Å². The number of aromatic carboxylic acids is 1. The normalized spacial score (nSPS) is 11.2. The summed E-state index contributed by atoms with van der Waals surface area (Å²) in [6, 6.07) is 1.91. The van der Waals surface area contributed by atoms with Gasteiger partial charge in [-0.15, -0.1) is 0 Å². The molecule has 1 N–H and O–H groups in total. The van der Waals surface area contributed by atoms with Gasteiger partial charge in [-0.05, 0) is 12.1 Å². The number of rotatable bonds is 4. The lowest BCUT2D eigenvalue weighted by molar-refractivity contribution is -0.388. The average molecular weight is 294 g/mol. The number of nitro benzene ring substituents is 1. The number of benzene rings is 1. The van der Waals surface area contributed by atoms with Crippen LogP contribution in [-0.4, -0.2) is 30.2 Å². The van der Waals surface area contributed by atoms with Crippen LogP contribution in [0.4, 0.5) is 5.69 Å². The molecule has 9 heteroatoms. The minimum atomic E-state index is -4.00. The Bertz CT molecular complexity index is 624. The summed E-state index contributed by atoms with van der Waals surface area (Å²) >= 11 is 5.64. The van der Waals surface area contributed by atoms with Crippen LogP contribution in [0.1, 0.15) is 17.3 Å². The smallest absolute Gasteiger partial charge is 0.342 e. The van der Waals surface area contributed by atoms with Crippen LogP contribution < -0.4 is 0 Å². The molecule has 0 bridgehead atoms. The minimum Gasteiger partial charge on any atom is -0.477 e. The van der Waals surface area contributed by atoms with E-state index in [1.807, 2.05) is 0 Å². The summed E-state index contributed by atoms with van der Waals surface area (Å²) in [4.78, 5) is 19.9. The van der Waals surface area contributed by atoms with Crippen molar-refractivity contribution in [3.8, 4) is 0 Å². The van der Waals surface area contributed by atoms with Crippen molar-refractivity contribution in [2.75, 3.05) is 5.75 Å². The third-order valence-corrected chi connectivity index (χ3v) is 4.41. The molecule has 1 aromatic rings. The van der Waals surface area contributed by atoms with Crippen molar-refractivity contribution in [1.29, 1.82) is 0 Å². The molecule has 1 rings (SSSR count). The maximum atomic E-state index is 11.7. The molecule has 0 saturated heterocycles. The van der Waals surface area contributed by atoms with Gasteiger partial charge in [0.05, 0.1) is 15.7 Å². The third kappa shape index (κ3) is 2.44. The molecule has 0 aliphatic carbocycles. The van der Waals surface area contributed by atoms with Gasteiger partial charge in [0.1, 0.15) is 5.56 Å².